The third kappa shape index (κ3) is 5.45. The molecule has 34 heavy (non-hydrogen) atoms. The zero-order chi connectivity index (χ0) is 25.2. The van der Waals surface area contributed by atoms with Gasteiger partial charge in [0.25, 0.3) is 5.56 Å². The van der Waals surface area contributed by atoms with Gasteiger partial charge < -0.3 is 10.0 Å². The van der Waals surface area contributed by atoms with Crippen molar-refractivity contribution in [3.8, 4) is 16.9 Å². The van der Waals surface area contributed by atoms with E-state index in [1.54, 1.807) is 31.1 Å². The number of Topliss-reactive ketones (excluding diaryl/α,β-unsaturated/α-hetero) is 1. The molecule has 6 nitrogen and oxygen atoms in total. The first kappa shape index (κ1) is 25.4. The summed E-state index contributed by atoms with van der Waals surface area (Å²) in [5, 5.41) is 13.6. The van der Waals surface area contributed by atoms with Crippen LogP contribution in [0.1, 0.15) is 16.8 Å². The Morgan fingerprint density at radius 2 is 1.88 bits per heavy atom. The molecule has 2 aromatic carbocycles. The number of aliphatic hydroxyl groups is 1. The number of aliphatic hydroxyl groups excluding tert-OH is 1. The van der Waals surface area contributed by atoms with Crippen LogP contribution in [0.2, 0.25) is 5.02 Å². The van der Waals surface area contributed by atoms with E-state index >= 15 is 0 Å². The number of hydrogen-bond donors (Lipinski definition) is 1. The largest absolute Gasteiger partial charge is 0.396 e. The third-order valence-electron chi connectivity index (χ3n) is 5.11. The molecule has 0 aliphatic rings. The van der Waals surface area contributed by atoms with Crippen molar-refractivity contribution in [2.24, 2.45) is 5.92 Å². The Hall–Kier alpha value is -3.24. The predicted octanol–water partition coefficient (Wildman–Crippen LogP) is 4.50. The summed E-state index contributed by atoms with van der Waals surface area (Å²) in [7, 11) is 3.55. The fourth-order valence-electron chi connectivity index (χ4n) is 3.26. The molecular formula is C23H20ClF4N3O3. The first-order valence-electron chi connectivity index (χ1n) is 10.0. The molecule has 0 aliphatic carbocycles. The number of alkyl halides is 3. The van der Waals surface area contributed by atoms with Crippen molar-refractivity contribution in [3.63, 3.8) is 0 Å². The number of carbonyl (C=O) groups is 1. The zero-order valence-electron chi connectivity index (χ0n) is 18.1. The molecule has 0 amide bonds. The number of halogens is 5. The summed E-state index contributed by atoms with van der Waals surface area (Å²) in [6.07, 6.45) is -5.97. The fraction of sp³-hybridized carbons (Fsp3) is 0.261. The number of nitrogens with zero attached hydrogens (tertiary/aromatic N) is 3. The number of carbonyl (C=O) groups excluding carboxylic acids is 1. The molecule has 0 saturated carbocycles. The first-order chi connectivity index (χ1) is 15.9. The van der Waals surface area contributed by atoms with Gasteiger partial charge in [0.1, 0.15) is 5.82 Å². The second-order valence-corrected chi connectivity index (χ2v) is 8.16. The van der Waals surface area contributed by atoms with Crippen LogP contribution in [0.25, 0.3) is 16.9 Å². The van der Waals surface area contributed by atoms with Crippen molar-refractivity contribution < 1.29 is 27.5 Å². The van der Waals surface area contributed by atoms with Crippen LogP contribution in [0.3, 0.4) is 0 Å². The van der Waals surface area contributed by atoms with E-state index in [1.165, 1.54) is 18.2 Å². The Morgan fingerprint density at radius 1 is 1.18 bits per heavy atom. The van der Waals surface area contributed by atoms with Gasteiger partial charge in [-0.1, -0.05) is 23.7 Å². The maximum Gasteiger partial charge on any atom is 0.394 e. The monoisotopic (exact) mass is 497 g/mol. The highest BCUT2D eigenvalue weighted by atomic mass is 35.5. The molecule has 3 aromatic rings. The first-order valence-corrected chi connectivity index (χ1v) is 10.4. The van der Waals surface area contributed by atoms with Crippen LogP contribution in [0.4, 0.5) is 23.2 Å². The van der Waals surface area contributed by atoms with E-state index in [9.17, 15) is 27.2 Å². The van der Waals surface area contributed by atoms with Gasteiger partial charge in [-0.05, 0) is 36.4 Å². The molecule has 1 unspecified atom stereocenters. The Morgan fingerprint density at radius 3 is 2.44 bits per heavy atom. The molecule has 0 fully saturated rings. The van der Waals surface area contributed by atoms with Crippen molar-refractivity contribution in [2.45, 2.75) is 12.6 Å². The fourth-order valence-corrected chi connectivity index (χ4v) is 3.61. The summed E-state index contributed by atoms with van der Waals surface area (Å²) in [6, 6.07) is 10.7. The highest BCUT2D eigenvalue weighted by molar-refractivity contribution is 6.33. The van der Waals surface area contributed by atoms with Crippen molar-refractivity contribution >= 4 is 23.1 Å². The van der Waals surface area contributed by atoms with Gasteiger partial charge in [0.15, 0.2) is 5.78 Å². The van der Waals surface area contributed by atoms with Crippen molar-refractivity contribution in [2.75, 3.05) is 25.6 Å². The van der Waals surface area contributed by atoms with Crippen LogP contribution < -0.4 is 10.5 Å². The summed E-state index contributed by atoms with van der Waals surface area (Å²) in [5.41, 5.74) is -0.502. The van der Waals surface area contributed by atoms with Gasteiger partial charge in [0.05, 0.1) is 40.2 Å². The minimum Gasteiger partial charge on any atom is -0.396 e. The Labute approximate surface area is 197 Å². The zero-order valence-corrected chi connectivity index (χ0v) is 18.9. The SMILES string of the molecule is CN(C)c1ccc(-c2cc(C(=O)CC(CO)C(F)(F)F)c(=O)n(-c3cccc(F)c3)n2)cc1Cl. The second kappa shape index (κ2) is 9.94. The van der Waals surface area contributed by atoms with Crippen LogP contribution in [-0.4, -0.2) is 47.5 Å². The smallest absolute Gasteiger partial charge is 0.394 e. The van der Waals surface area contributed by atoms with Crippen LogP contribution in [0.15, 0.2) is 53.3 Å². The third-order valence-corrected chi connectivity index (χ3v) is 5.41. The van der Waals surface area contributed by atoms with Crippen LogP contribution in [0.5, 0.6) is 0 Å². The normalized spacial score (nSPS) is 12.5. The van der Waals surface area contributed by atoms with Gasteiger partial charge in [-0.15, -0.1) is 0 Å². The lowest BCUT2D eigenvalue weighted by atomic mass is 9.98. The van der Waals surface area contributed by atoms with E-state index in [0.717, 1.165) is 22.9 Å². The molecule has 0 aliphatic heterocycles. The van der Waals surface area contributed by atoms with Crippen molar-refractivity contribution in [3.05, 3.63) is 75.3 Å². The van der Waals surface area contributed by atoms with Crippen LogP contribution in [-0.2, 0) is 0 Å². The van der Waals surface area contributed by atoms with E-state index in [4.69, 9.17) is 16.7 Å². The second-order valence-electron chi connectivity index (χ2n) is 7.75. The number of rotatable bonds is 7. The van der Waals surface area contributed by atoms with E-state index in [-0.39, 0.29) is 11.4 Å². The van der Waals surface area contributed by atoms with Gasteiger partial charge in [0, 0.05) is 26.1 Å². The number of aromatic nitrogens is 2. The van der Waals surface area contributed by atoms with Crippen LogP contribution in [0, 0.1) is 11.7 Å². The minimum atomic E-state index is -4.84. The summed E-state index contributed by atoms with van der Waals surface area (Å²) >= 11 is 6.32. The average molecular weight is 498 g/mol. The molecule has 1 N–H and O–H groups in total. The molecule has 0 saturated heterocycles. The average Bonchev–Trinajstić information content (AvgIpc) is 2.76. The Bertz CT molecular complexity index is 1280. The van der Waals surface area contributed by atoms with E-state index in [0.29, 0.717) is 16.3 Å². The summed E-state index contributed by atoms with van der Waals surface area (Å²) < 4.78 is 53.9. The Balaban J connectivity index is 2.19. The molecular weight excluding hydrogens is 478 g/mol. The van der Waals surface area contributed by atoms with E-state index in [1.807, 2.05) is 0 Å². The van der Waals surface area contributed by atoms with Crippen molar-refractivity contribution in [1.29, 1.82) is 0 Å². The maximum atomic E-state index is 13.8. The lowest BCUT2D eigenvalue weighted by Crippen LogP contribution is -2.32. The molecule has 1 atom stereocenters. The molecule has 1 heterocycles. The minimum absolute atomic E-state index is 0.0218. The highest BCUT2D eigenvalue weighted by Crippen LogP contribution is 2.31. The van der Waals surface area contributed by atoms with Gasteiger partial charge in [-0.3, -0.25) is 9.59 Å². The van der Waals surface area contributed by atoms with Gasteiger partial charge in [-0.2, -0.15) is 23.0 Å². The number of benzene rings is 2. The topological polar surface area (TPSA) is 75.4 Å². The molecule has 0 radical (unpaired) electrons. The van der Waals surface area contributed by atoms with Crippen LogP contribution >= 0.6 is 11.6 Å². The molecule has 11 heteroatoms. The molecule has 1 aromatic heterocycles. The number of ketones is 1. The molecule has 3 rings (SSSR count). The predicted molar refractivity (Wildman–Crippen MR) is 120 cm³/mol. The lowest BCUT2D eigenvalue weighted by Gasteiger charge is -2.18. The highest BCUT2D eigenvalue weighted by Gasteiger charge is 2.40. The molecule has 0 spiro atoms. The number of anilines is 1. The molecule has 180 valence electrons. The standard InChI is InChI=1S/C23H20ClF4N3O3/c1-30(2)20-7-6-13(8-18(20)24)19-11-17(21(33)9-14(12-32)23(26,27)28)22(34)31(29-19)16-5-3-4-15(25)10-16/h3-8,10-11,14,32H,9,12H2,1-2H3. The van der Waals surface area contributed by atoms with Crippen molar-refractivity contribution in [1.82, 2.24) is 9.78 Å². The quantitative estimate of drug-likeness (QED) is 0.384. The van der Waals surface area contributed by atoms with Gasteiger partial charge in [-0.25, -0.2) is 4.39 Å². The van der Waals surface area contributed by atoms with Gasteiger partial charge in [0.2, 0.25) is 0 Å². The van der Waals surface area contributed by atoms with E-state index < -0.39 is 47.8 Å². The number of hydrogen-bond acceptors (Lipinski definition) is 5. The summed E-state index contributed by atoms with van der Waals surface area (Å²) in [5.74, 6) is -4.15. The summed E-state index contributed by atoms with van der Waals surface area (Å²) in [4.78, 5) is 27.5. The Kier molecular flexibility index (Phi) is 7.42. The van der Waals surface area contributed by atoms with Gasteiger partial charge >= 0.3 is 6.18 Å². The lowest BCUT2D eigenvalue weighted by molar-refractivity contribution is -0.182. The maximum absolute atomic E-state index is 13.8. The molecule has 0 bridgehead atoms. The van der Waals surface area contributed by atoms with E-state index in [2.05, 4.69) is 5.10 Å². The summed E-state index contributed by atoms with van der Waals surface area (Å²) in [6.45, 7) is -1.31.